The fourth-order valence-corrected chi connectivity index (χ4v) is 5.57. The third-order valence-electron chi connectivity index (χ3n) is 6.73. The number of thiocarbonyl (C=S) groups is 1. The van der Waals surface area contributed by atoms with E-state index in [0.29, 0.717) is 11.6 Å². The number of carbonyl (C=O) groups is 2. The summed E-state index contributed by atoms with van der Waals surface area (Å²) in [7, 11) is 0. The number of carbonyl (C=O) groups excluding carboxylic acids is 2. The zero-order valence-electron chi connectivity index (χ0n) is 20.2. The predicted octanol–water partition coefficient (Wildman–Crippen LogP) is 5.25. The smallest absolute Gasteiger partial charge is 0.270 e. The van der Waals surface area contributed by atoms with E-state index >= 15 is 0 Å². The normalized spacial score (nSPS) is 21.3. The molecular formula is C27H31N3O2S. The van der Waals surface area contributed by atoms with Crippen molar-refractivity contribution >= 4 is 46.6 Å². The van der Waals surface area contributed by atoms with Crippen LogP contribution in [0.15, 0.2) is 42.0 Å². The van der Waals surface area contributed by atoms with Crippen molar-refractivity contribution in [3.05, 3.63) is 64.2 Å². The number of rotatable bonds is 3. The quantitative estimate of drug-likeness (QED) is 0.386. The van der Waals surface area contributed by atoms with Crippen molar-refractivity contribution in [3.63, 3.8) is 0 Å². The van der Waals surface area contributed by atoms with Gasteiger partial charge in [-0.2, -0.15) is 0 Å². The molecule has 2 aromatic carbocycles. The Morgan fingerprint density at radius 2 is 1.82 bits per heavy atom. The second-order valence-electron chi connectivity index (χ2n) is 9.73. The first-order valence-electron chi connectivity index (χ1n) is 11.4. The molecule has 1 saturated heterocycles. The molecule has 1 N–H and O–H groups in total. The van der Waals surface area contributed by atoms with Gasteiger partial charge >= 0.3 is 0 Å². The van der Waals surface area contributed by atoms with Gasteiger partial charge in [0.2, 0.25) is 0 Å². The van der Waals surface area contributed by atoms with Crippen LogP contribution in [0.1, 0.15) is 62.3 Å². The predicted molar refractivity (Wildman–Crippen MR) is 139 cm³/mol. The Morgan fingerprint density at radius 1 is 1.12 bits per heavy atom. The number of hydrogen-bond donors (Lipinski definition) is 1. The first-order valence-corrected chi connectivity index (χ1v) is 11.8. The molecule has 172 valence electrons. The Kier molecular flexibility index (Phi) is 5.91. The second kappa shape index (κ2) is 8.41. The Bertz CT molecular complexity index is 1200. The molecule has 33 heavy (non-hydrogen) atoms. The maximum atomic E-state index is 13.4. The van der Waals surface area contributed by atoms with Gasteiger partial charge in [-0.05, 0) is 100 Å². The van der Waals surface area contributed by atoms with Crippen molar-refractivity contribution in [2.75, 3.05) is 16.3 Å². The maximum Gasteiger partial charge on any atom is 0.270 e. The lowest BCUT2D eigenvalue weighted by molar-refractivity contribution is -0.122. The Morgan fingerprint density at radius 3 is 2.48 bits per heavy atom. The molecule has 0 aromatic heterocycles. The van der Waals surface area contributed by atoms with E-state index in [1.807, 2.05) is 38.1 Å². The summed E-state index contributed by atoms with van der Waals surface area (Å²) in [6.07, 6.45) is 2.72. The molecule has 2 aromatic rings. The number of nitrogens with zero attached hydrogens (tertiary/aromatic N) is 2. The average Bonchev–Trinajstić information content (AvgIpc) is 2.72. The molecule has 0 aliphatic carbocycles. The minimum Gasteiger partial charge on any atom is -0.366 e. The Hall–Kier alpha value is -2.99. The fraction of sp³-hybridized carbons (Fsp3) is 0.370. The first-order chi connectivity index (χ1) is 15.5. The molecule has 1 fully saturated rings. The van der Waals surface area contributed by atoms with Crippen molar-refractivity contribution in [1.82, 2.24) is 5.32 Å². The number of anilines is 2. The number of aryl methyl sites for hydroxylation is 2. The van der Waals surface area contributed by atoms with Gasteiger partial charge in [-0.25, -0.2) is 0 Å². The summed E-state index contributed by atoms with van der Waals surface area (Å²) in [4.78, 5) is 30.0. The molecule has 0 bridgehead atoms. The van der Waals surface area contributed by atoms with Crippen LogP contribution in [0.5, 0.6) is 0 Å². The molecule has 2 heterocycles. The SMILES string of the molecule is CCN1c2ccc(/C=C3/C(=O)NC(=S)N(c4ccc(C)cc4C)C3=O)cc2C(C)CC1(C)C. The molecule has 1 atom stereocenters. The van der Waals surface area contributed by atoms with E-state index in [4.69, 9.17) is 12.2 Å². The minimum atomic E-state index is -0.465. The molecule has 1 unspecified atom stereocenters. The van der Waals surface area contributed by atoms with Crippen molar-refractivity contribution in [2.24, 2.45) is 0 Å². The molecule has 6 heteroatoms. The van der Waals surface area contributed by atoms with Crippen LogP contribution in [0.3, 0.4) is 0 Å². The van der Waals surface area contributed by atoms with Crippen LogP contribution in [0.2, 0.25) is 0 Å². The standard InChI is InChI=1S/C27H31N3O2S/c1-7-29-23-11-9-19(13-20(23)18(4)15-27(29,5)6)14-21-24(31)28-26(33)30(25(21)32)22-10-8-16(2)12-17(22)3/h8-14,18H,7,15H2,1-6H3,(H,28,31,33)/b21-14-. The molecule has 2 aliphatic heterocycles. The highest BCUT2D eigenvalue weighted by Crippen LogP contribution is 2.43. The van der Waals surface area contributed by atoms with Crippen LogP contribution in [-0.4, -0.2) is 29.0 Å². The minimum absolute atomic E-state index is 0.0830. The maximum absolute atomic E-state index is 13.4. The van der Waals surface area contributed by atoms with E-state index in [1.54, 1.807) is 6.08 Å². The highest BCUT2D eigenvalue weighted by atomic mass is 32.1. The van der Waals surface area contributed by atoms with Gasteiger partial charge in [0.15, 0.2) is 5.11 Å². The number of amides is 2. The molecule has 5 nitrogen and oxygen atoms in total. The molecule has 2 amide bonds. The van der Waals surface area contributed by atoms with Crippen LogP contribution < -0.4 is 15.1 Å². The summed E-state index contributed by atoms with van der Waals surface area (Å²) in [6.45, 7) is 13.8. The lowest BCUT2D eigenvalue weighted by Gasteiger charge is -2.47. The van der Waals surface area contributed by atoms with Gasteiger partial charge in [-0.3, -0.25) is 19.8 Å². The number of benzene rings is 2. The van der Waals surface area contributed by atoms with Gasteiger partial charge in [-0.15, -0.1) is 0 Å². The highest BCUT2D eigenvalue weighted by Gasteiger charge is 2.37. The van der Waals surface area contributed by atoms with Gasteiger partial charge < -0.3 is 4.90 Å². The second-order valence-corrected chi connectivity index (χ2v) is 10.1. The molecule has 0 spiro atoms. The third-order valence-corrected chi connectivity index (χ3v) is 7.02. The van der Waals surface area contributed by atoms with Crippen LogP contribution >= 0.6 is 12.2 Å². The van der Waals surface area contributed by atoms with E-state index in [-0.39, 0.29) is 16.2 Å². The van der Waals surface area contributed by atoms with E-state index in [9.17, 15) is 9.59 Å². The average molecular weight is 462 g/mol. The molecule has 0 saturated carbocycles. The van der Waals surface area contributed by atoms with Gasteiger partial charge in [0.05, 0.1) is 5.69 Å². The van der Waals surface area contributed by atoms with Crippen LogP contribution in [0.25, 0.3) is 6.08 Å². The monoisotopic (exact) mass is 461 g/mol. The van der Waals surface area contributed by atoms with Gasteiger partial charge in [0, 0.05) is 17.8 Å². The number of fused-ring (bicyclic) bond motifs is 1. The first kappa shape index (κ1) is 23.2. The van der Waals surface area contributed by atoms with Crippen LogP contribution in [0.4, 0.5) is 11.4 Å². The summed E-state index contributed by atoms with van der Waals surface area (Å²) < 4.78 is 0. The van der Waals surface area contributed by atoms with Gasteiger partial charge in [0.25, 0.3) is 11.8 Å². The fourth-order valence-electron chi connectivity index (χ4n) is 5.30. The van der Waals surface area contributed by atoms with Crippen molar-refractivity contribution < 1.29 is 9.59 Å². The number of hydrogen-bond acceptors (Lipinski definition) is 4. The van der Waals surface area contributed by atoms with Crippen molar-refractivity contribution in [3.8, 4) is 0 Å². The third kappa shape index (κ3) is 4.08. The largest absolute Gasteiger partial charge is 0.366 e. The molecular weight excluding hydrogens is 430 g/mol. The molecule has 2 aliphatic rings. The zero-order chi connectivity index (χ0) is 24.1. The summed E-state index contributed by atoms with van der Waals surface area (Å²) >= 11 is 5.36. The molecule has 4 rings (SSSR count). The topological polar surface area (TPSA) is 52.7 Å². The Labute approximate surface area is 201 Å². The summed E-state index contributed by atoms with van der Waals surface area (Å²) in [5.41, 5.74) is 6.17. The van der Waals surface area contributed by atoms with E-state index in [1.165, 1.54) is 16.2 Å². The summed E-state index contributed by atoms with van der Waals surface area (Å²) in [5, 5.41) is 2.80. The number of nitrogens with one attached hydrogen (secondary N) is 1. The van der Waals surface area contributed by atoms with Crippen LogP contribution in [-0.2, 0) is 9.59 Å². The highest BCUT2D eigenvalue weighted by molar-refractivity contribution is 7.80. The van der Waals surface area contributed by atoms with Crippen LogP contribution in [0, 0.1) is 13.8 Å². The van der Waals surface area contributed by atoms with Crippen molar-refractivity contribution in [1.29, 1.82) is 0 Å². The molecule has 0 radical (unpaired) electrons. The summed E-state index contributed by atoms with van der Waals surface area (Å²) in [6, 6.07) is 12.0. The van der Waals surface area contributed by atoms with Gasteiger partial charge in [0.1, 0.15) is 5.57 Å². The zero-order valence-corrected chi connectivity index (χ0v) is 21.0. The van der Waals surface area contributed by atoms with E-state index in [2.05, 4.69) is 50.0 Å². The summed E-state index contributed by atoms with van der Waals surface area (Å²) in [5.74, 6) is -0.489. The van der Waals surface area contributed by atoms with Gasteiger partial charge in [-0.1, -0.05) is 30.7 Å². The van der Waals surface area contributed by atoms with E-state index < -0.39 is 11.8 Å². The Balaban J connectivity index is 1.74. The van der Waals surface area contributed by atoms with E-state index in [0.717, 1.165) is 29.7 Å². The lowest BCUT2D eigenvalue weighted by atomic mass is 9.79. The van der Waals surface area contributed by atoms with Crippen molar-refractivity contribution in [2.45, 2.75) is 59.4 Å². The lowest BCUT2D eigenvalue weighted by Crippen LogP contribution is -2.54.